The van der Waals surface area contributed by atoms with Crippen molar-refractivity contribution in [1.82, 2.24) is 24.3 Å². The lowest BCUT2D eigenvalue weighted by molar-refractivity contribution is 0.0946. The molecule has 3 aromatic heterocycles. The van der Waals surface area contributed by atoms with Gasteiger partial charge in [0.15, 0.2) is 5.69 Å². The molecule has 8 nitrogen and oxygen atoms in total. The van der Waals surface area contributed by atoms with E-state index in [1.807, 2.05) is 35.9 Å². The van der Waals surface area contributed by atoms with Gasteiger partial charge in [-0.25, -0.2) is 18.4 Å². The number of pyridine rings is 1. The van der Waals surface area contributed by atoms with Gasteiger partial charge in [-0.1, -0.05) is 18.2 Å². The van der Waals surface area contributed by atoms with Gasteiger partial charge in [-0.15, -0.1) is 0 Å². The van der Waals surface area contributed by atoms with Gasteiger partial charge in [0, 0.05) is 19.5 Å². The number of fused-ring (bicyclic) bond motifs is 2. The fraction of sp³-hybridized carbons (Fsp3) is 0.167. The second-order valence-electron chi connectivity index (χ2n) is 6.23. The third-order valence-electron chi connectivity index (χ3n) is 4.35. The summed E-state index contributed by atoms with van der Waals surface area (Å²) in [6.45, 7) is 0.198. The topological polar surface area (TPSA) is 98.4 Å². The van der Waals surface area contributed by atoms with Crippen LogP contribution in [0, 0.1) is 0 Å². The van der Waals surface area contributed by atoms with Crippen molar-refractivity contribution in [3.8, 4) is 0 Å². The molecule has 4 aromatic rings. The zero-order valence-electron chi connectivity index (χ0n) is 14.7. The molecule has 138 valence electrons. The quantitative estimate of drug-likeness (QED) is 0.577. The first-order valence-electron chi connectivity index (χ1n) is 8.22. The molecular formula is C18H17N5O3S. The van der Waals surface area contributed by atoms with Crippen LogP contribution in [0.3, 0.4) is 0 Å². The first-order valence-corrected chi connectivity index (χ1v) is 10.1. The lowest BCUT2D eigenvalue weighted by Gasteiger charge is -2.04. The molecular weight excluding hydrogens is 366 g/mol. The zero-order valence-corrected chi connectivity index (χ0v) is 15.6. The number of nitrogens with zero attached hydrogens (tertiary/aromatic N) is 4. The van der Waals surface area contributed by atoms with E-state index in [1.165, 1.54) is 4.40 Å². The van der Waals surface area contributed by atoms with Crippen molar-refractivity contribution >= 4 is 32.3 Å². The SMILES string of the molecule is Cn1c(CNC(=O)c2nc(S(C)(=O)=O)n3ccccc23)nc2ccccc21. The smallest absolute Gasteiger partial charge is 0.272 e. The average molecular weight is 383 g/mol. The molecule has 4 rings (SSSR count). The number of amides is 1. The molecule has 1 N–H and O–H groups in total. The highest BCUT2D eigenvalue weighted by atomic mass is 32.2. The molecule has 1 aromatic carbocycles. The third kappa shape index (κ3) is 2.95. The fourth-order valence-corrected chi connectivity index (χ4v) is 3.81. The van der Waals surface area contributed by atoms with Gasteiger partial charge < -0.3 is 9.88 Å². The molecule has 0 bridgehead atoms. The van der Waals surface area contributed by atoms with Gasteiger partial charge in [0.2, 0.25) is 15.0 Å². The second kappa shape index (κ2) is 6.20. The fourth-order valence-electron chi connectivity index (χ4n) is 3.03. The van der Waals surface area contributed by atoms with E-state index in [2.05, 4.69) is 15.3 Å². The normalized spacial score (nSPS) is 11.9. The minimum Gasteiger partial charge on any atom is -0.343 e. The largest absolute Gasteiger partial charge is 0.343 e. The van der Waals surface area contributed by atoms with Gasteiger partial charge in [0.1, 0.15) is 5.82 Å². The summed E-state index contributed by atoms with van der Waals surface area (Å²) in [5, 5.41) is 2.62. The molecule has 0 aliphatic carbocycles. The molecule has 0 radical (unpaired) electrons. The highest BCUT2D eigenvalue weighted by molar-refractivity contribution is 7.90. The predicted octanol–water partition coefficient (Wildman–Crippen LogP) is 1.55. The number of rotatable bonds is 4. The Morgan fingerprint density at radius 3 is 2.52 bits per heavy atom. The number of imidazole rings is 2. The van der Waals surface area contributed by atoms with E-state index >= 15 is 0 Å². The highest BCUT2D eigenvalue weighted by Gasteiger charge is 2.22. The van der Waals surface area contributed by atoms with Crippen LogP contribution in [0.2, 0.25) is 0 Å². The first-order chi connectivity index (χ1) is 12.9. The van der Waals surface area contributed by atoms with Crippen molar-refractivity contribution in [3.05, 3.63) is 60.2 Å². The Balaban J connectivity index is 1.66. The number of hydrogen-bond donors (Lipinski definition) is 1. The molecule has 0 aliphatic heterocycles. The van der Waals surface area contributed by atoms with E-state index in [4.69, 9.17) is 0 Å². The minimum absolute atomic E-state index is 0.0646. The van der Waals surface area contributed by atoms with Crippen molar-refractivity contribution in [1.29, 1.82) is 0 Å². The molecule has 3 heterocycles. The minimum atomic E-state index is -3.58. The number of sulfone groups is 1. The summed E-state index contributed by atoms with van der Waals surface area (Å²) in [6, 6.07) is 12.8. The van der Waals surface area contributed by atoms with Crippen LogP contribution in [0.5, 0.6) is 0 Å². The van der Waals surface area contributed by atoms with E-state index in [0.717, 1.165) is 17.3 Å². The van der Waals surface area contributed by atoms with Gasteiger partial charge in [0.25, 0.3) is 5.91 Å². The standard InChI is InChI=1S/C18H17N5O3S/c1-22-13-8-4-3-7-12(13)20-15(22)11-19-17(24)16-14-9-5-6-10-23(14)18(21-16)27(2,25)26/h3-10H,11H2,1-2H3,(H,19,24). The van der Waals surface area contributed by atoms with Crippen LogP contribution < -0.4 is 5.32 Å². The molecule has 0 saturated carbocycles. The zero-order chi connectivity index (χ0) is 19.2. The molecule has 0 saturated heterocycles. The number of carbonyl (C=O) groups is 1. The molecule has 27 heavy (non-hydrogen) atoms. The maximum atomic E-state index is 12.7. The maximum absolute atomic E-state index is 12.7. The van der Waals surface area contributed by atoms with Crippen molar-refractivity contribution in [2.24, 2.45) is 7.05 Å². The Morgan fingerprint density at radius 1 is 1.07 bits per heavy atom. The monoisotopic (exact) mass is 383 g/mol. The number of para-hydroxylation sites is 2. The van der Waals surface area contributed by atoms with Crippen LogP contribution in [0.25, 0.3) is 16.6 Å². The molecule has 0 atom stereocenters. The highest BCUT2D eigenvalue weighted by Crippen LogP contribution is 2.18. The van der Waals surface area contributed by atoms with Crippen molar-refractivity contribution < 1.29 is 13.2 Å². The molecule has 0 spiro atoms. The summed E-state index contributed by atoms with van der Waals surface area (Å²) < 4.78 is 27.3. The molecule has 9 heteroatoms. The Morgan fingerprint density at radius 2 is 1.78 bits per heavy atom. The van der Waals surface area contributed by atoms with E-state index in [0.29, 0.717) is 11.3 Å². The van der Waals surface area contributed by atoms with E-state index in [-0.39, 0.29) is 17.4 Å². The van der Waals surface area contributed by atoms with Gasteiger partial charge in [0.05, 0.1) is 23.1 Å². The van der Waals surface area contributed by atoms with Crippen molar-refractivity contribution in [2.45, 2.75) is 11.7 Å². The third-order valence-corrected chi connectivity index (χ3v) is 5.30. The van der Waals surface area contributed by atoms with Crippen molar-refractivity contribution in [3.63, 3.8) is 0 Å². The average Bonchev–Trinajstić information content (AvgIpc) is 3.18. The Hall–Kier alpha value is -3.20. The van der Waals surface area contributed by atoms with E-state index in [9.17, 15) is 13.2 Å². The predicted molar refractivity (Wildman–Crippen MR) is 100 cm³/mol. The number of carbonyl (C=O) groups excluding carboxylic acids is 1. The summed E-state index contributed by atoms with van der Waals surface area (Å²) in [5.41, 5.74) is 2.31. The van der Waals surface area contributed by atoms with Gasteiger partial charge >= 0.3 is 0 Å². The number of nitrogens with one attached hydrogen (secondary N) is 1. The van der Waals surface area contributed by atoms with Gasteiger partial charge in [-0.05, 0) is 24.3 Å². The molecule has 0 unspecified atom stereocenters. The molecule has 0 aliphatic rings. The number of benzene rings is 1. The van der Waals surface area contributed by atoms with Crippen LogP contribution in [-0.2, 0) is 23.4 Å². The van der Waals surface area contributed by atoms with Crippen LogP contribution in [0.15, 0.2) is 53.8 Å². The van der Waals surface area contributed by atoms with E-state index < -0.39 is 15.7 Å². The second-order valence-corrected chi connectivity index (χ2v) is 8.14. The van der Waals surface area contributed by atoms with Crippen LogP contribution in [0.1, 0.15) is 16.3 Å². The van der Waals surface area contributed by atoms with Crippen LogP contribution in [0.4, 0.5) is 0 Å². The summed E-state index contributed by atoms with van der Waals surface area (Å²) in [5.74, 6) is 0.233. The van der Waals surface area contributed by atoms with Crippen LogP contribution in [-0.4, -0.2) is 39.5 Å². The summed E-state index contributed by atoms with van der Waals surface area (Å²) in [7, 11) is -1.70. The summed E-state index contributed by atoms with van der Waals surface area (Å²) in [4.78, 5) is 21.3. The number of aromatic nitrogens is 4. The Labute approximate surface area is 155 Å². The van der Waals surface area contributed by atoms with Gasteiger partial charge in [-0.2, -0.15) is 0 Å². The van der Waals surface area contributed by atoms with Crippen LogP contribution >= 0.6 is 0 Å². The lowest BCUT2D eigenvalue weighted by Crippen LogP contribution is -2.25. The van der Waals surface area contributed by atoms with Crippen molar-refractivity contribution in [2.75, 3.05) is 6.26 Å². The first kappa shape index (κ1) is 17.2. The lowest BCUT2D eigenvalue weighted by atomic mass is 10.3. The number of aryl methyl sites for hydroxylation is 1. The Bertz CT molecular complexity index is 1290. The van der Waals surface area contributed by atoms with E-state index in [1.54, 1.807) is 24.4 Å². The van der Waals surface area contributed by atoms with Gasteiger partial charge in [-0.3, -0.25) is 9.20 Å². The number of hydrogen-bond acceptors (Lipinski definition) is 5. The Kier molecular flexibility index (Phi) is 3.96. The molecule has 1 amide bonds. The summed E-state index contributed by atoms with van der Waals surface area (Å²) >= 11 is 0. The summed E-state index contributed by atoms with van der Waals surface area (Å²) in [6.07, 6.45) is 2.64. The molecule has 0 fully saturated rings. The maximum Gasteiger partial charge on any atom is 0.272 e.